The van der Waals surface area contributed by atoms with Crippen LogP contribution in [0.15, 0.2) is 0 Å². The topological polar surface area (TPSA) is 137 Å². The summed E-state index contributed by atoms with van der Waals surface area (Å²) < 4.78 is 9.61. The molecule has 0 aliphatic heterocycles. The molecule has 0 radical (unpaired) electrons. The SMILES string of the molecule is COC1C(O)C(O)C(O)C(O)C1OC(=O)C(C)O. The highest BCUT2D eigenvalue weighted by Gasteiger charge is 2.51. The van der Waals surface area contributed by atoms with Gasteiger partial charge in [-0.3, -0.25) is 0 Å². The zero-order chi connectivity index (χ0) is 14.0. The van der Waals surface area contributed by atoms with Crippen molar-refractivity contribution in [2.24, 2.45) is 0 Å². The van der Waals surface area contributed by atoms with Crippen LogP contribution in [0.5, 0.6) is 0 Å². The standard InChI is InChI=1S/C10H18O8/c1-3(11)10(16)18-9-7(15)5(13)4(12)6(14)8(9)17-2/h3-9,11-15H,1-2H3. The molecule has 1 aliphatic carbocycles. The molecule has 0 spiro atoms. The summed E-state index contributed by atoms with van der Waals surface area (Å²) in [7, 11) is 1.19. The van der Waals surface area contributed by atoms with Crippen molar-refractivity contribution >= 4 is 5.97 Å². The van der Waals surface area contributed by atoms with Crippen molar-refractivity contribution < 1.29 is 39.8 Å². The first-order valence-corrected chi connectivity index (χ1v) is 5.44. The number of methoxy groups -OCH3 is 1. The highest BCUT2D eigenvalue weighted by atomic mass is 16.6. The van der Waals surface area contributed by atoms with E-state index < -0.39 is 48.7 Å². The van der Waals surface area contributed by atoms with E-state index in [4.69, 9.17) is 14.6 Å². The van der Waals surface area contributed by atoms with Gasteiger partial charge in [-0.15, -0.1) is 0 Å². The molecule has 7 unspecified atom stereocenters. The van der Waals surface area contributed by atoms with Crippen LogP contribution >= 0.6 is 0 Å². The number of ether oxygens (including phenoxy) is 2. The summed E-state index contributed by atoms with van der Waals surface area (Å²) in [5, 5.41) is 47.3. The molecule has 0 saturated heterocycles. The van der Waals surface area contributed by atoms with E-state index in [2.05, 4.69) is 0 Å². The van der Waals surface area contributed by atoms with E-state index in [1.807, 2.05) is 0 Å². The van der Waals surface area contributed by atoms with Crippen LogP contribution in [0.4, 0.5) is 0 Å². The van der Waals surface area contributed by atoms with Crippen molar-refractivity contribution in [3.05, 3.63) is 0 Å². The van der Waals surface area contributed by atoms with Crippen LogP contribution in [-0.2, 0) is 14.3 Å². The molecule has 106 valence electrons. The third kappa shape index (κ3) is 2.79. The van der Waals surface area contributed by atoms with Crippen molar-refractivity contribution in [2.45, 2.75) is 49.7 Å². The quantitative estimate of drug-likeness (QED) is 0.336. The van der Waals surface area contributed by atoms with E-state index in [1.54, 1.807) is 0 Å². The monoisotopic (exact) mass is 266 g/mol. The maximum Gasteiger partial charge on any atom is 0.335 e. The molecule has 0 heterocycles. The van der Waals surface area contributed by atoms with Gasteiger partial charge in [0.15, 0.2) is 6.10 Å². The highest BCUT2D eigenvalue weighted by molar-refractivity contribution is 5.74. The molecule has 8 nitrogen and oxygen atoms in total. The molecule has 1 aliphatic rings. The normalized spacial score (nSPS) is 42.4. The highest BCUT2D eigenvalue weighted by Crippen LogP contribution is 2.26. The van der Waals surface area contributed by atoms with E-state index in [1.165, 1.54) is 14.0 Å². The molecule has 0 bridgehead atoms. The average Bonchev–Trinajstić information content (AvgIpc) is 2.33. The minimum absolute atomic E-state index is 1.03. The molecular formula is C10H18O8. The smallest absolute Gasteiger partial charge is 0.335 e. The first kappa shape index (κ1) is 15.3. The van der Waals surface area contributed by atoms with Gasteiger partial charge in [-0.2, -0.15) is 0 Å². The van der Waals surface area contributed by atoms with Crippen LogP contribution < -0.4 is 0 Å². The van der Waals surface area contributed by atoms with Gasteiger partial charge in [0, 0.05) is 7.11 Å². The third-order valence-electron chi connectivity index (χ3n) is 2.91. The van der Waals surface area contributed by atoms with Gasteiger partial charge >= 0.3 is 5.97 Å². The van der Waals surface area contributed by atoms with Gasteiger partial charge in [0.05, 0.1) is 0 Å². The largest absolute Gasteiger partial charge is 0.455 e. The molecule has 7 atom stereocenters. The summed E-state index contributed by atoms with van der Waals surface area (Å²) in [6.07, 6.45) is -10.5. The van der Waals surface area contributed by atoms with E-state index >= 15 is 0 Å². The molecule has 18 heavy (non-hydrogen) atoms. The Morgan fingerprint density at radius 2 is 1.44 bits per heavy atom. The van der Waals surface area contributed by atoms with E-state index in [0.29, 0.717) is 0 Å². The Morgan fingerprint density at radius 3 is 1.83 bits per heavy atom. The molecule has 8 heteroatoms. The number of aliphatic hydroxyl groups excluding tert-OH is 5. The molecule has 0 aromatic rings. The van der Waals surface area contributed by atoms with E-state index in [9.17, 15) is 25.2 Å². The summed E-state index contributed by atoms with van der Waals surface area (Å²) in [4.78, 5) is 11.2. The number of esters is 1. The number of carbonyl (C=O) groups is 1. The second kappa shape index (κ2) is 5.91. The fourth-order valence-corrected chi connectivity index (χ4v) is 1.82. The van der Waals surface area contributed by atoms with Gasteiger partial charge in [-0.1, -0.05) is 0 Å². The zero-order valence-corrected chi connectivity index (χ0v) is 10.0. The van der Waals surface area contributed by atoms with Gasteiger partial charge in [0.2, 0.25) is 0 Å². The Bertz CT molecular complexity index is 294. The lowest BCUT2D eigenvalue weighted by molar-refractivity contribution is -0.241. The number of aliphatic hydroxyl groups is 5. The Balaban J connectivity index is 2.87. The number of rotatable bonds is 3. The predicted octanol–water partition coefficient (Wildman–Crippen LogP) is -3.25. The maximum absolute atomic E-state index is 11.2. The molecule has 5 N–H and O–H groups in total. The lowest BCUT2D eigenvalue weighted by Gasteiger charge is -2.42. The fourth-order valence-electron chi connectivity index (χ4n) is 1.82. The molecule has 0 aromatic heterocycles. The van der Waals surface area contributed by atoms with Gasteiger partial charge in [0.1, 0.15) is 36.6 Å². The van der Waals surface area contributed by atoms with Gasteiger partial charge in [-0.05, 0) is 6.92 Å². The van der Waals surface area contributed by atoms with Gasteiger partial charge < -0.3 is 35.0 Å². The second-order valence-corrected chi connectivity index (χ2v) is 4.24. The van der Waals surface area contributed by atoms with Crippen LogP contribution in [0.25, 0.3) is 0 Å². The second-order valence-electron chi connectivity index (χ2n) is 4.24. The zero-order valence-electron chi connectivity index (χ0n) is 10.0. The van der Waals surface area contributed by atoms with E-state index in [0.717, 1.165) is 0 Å². The summed E-state index contributed by atoms with van der Waals surface area (Å²) in [5.41, 5.74) is 0. The lowest BCUT2D eigenvalue weighted by Crippen LogP contribution is -2.65. The van der Waals surface area contributed by atoms with Crippen molar-refractivity contribution in [1.29, 1.82) is 0 Å². The van der Waals surface area contributed by atoms with Crippen LogP contribution in [0, 0.1) is 0 Å². The summed E-state index contributed by atoms with van der Waals surface area (Å²) in [6.45, 7) is 1.17. The van der Waals surface area contributed by atoms with Crippen molar-refractivity contribution in [3.63, 3.8) is 0 Å². The molecule has 1 fully saturated rings. The van der Waals surface area contributed by atoms with E-state index in [-0.39, 0.29) is 0 Å². The Hall–Kier alpha value is -0.770. The predicted molar refractivity (Wildman–Crippen MR) is 56.4 cm³/mol. The van der Waals surface area contributed by atoms with Crippen LogP contribution in [-0.4, -0.2) is 81.3 Å². The molecular weight excluding hydrogens is 248 g/mol. The van der Waals surface area contributed by atoms with Crippen LogP contribution in [0.2, 0.25) is 0 Å². The fraction of sp³-hybridized carbons (Fsp3) is 0.900. The molecule has 1 saturated carbocycles. The van der Waals surface area contributed by atoms with Crippen LogP contribution in [0.3, 0.4) is 0 Å². The number of hydrogen-bond acceptors (Lipinski definition) is 8. The Kier molecular flexibility index (Phi) is 5.02. The molecule has 0 amide bonds. The average molecular weight is 266 g/mol. The number of hydrogen-bond donors (Lipinski definition) is 5. The van der Waals surface area contributed by atoms with Crippen LogP contribution in [0.1, 0.15) is 6.92 Å². The minimum atomic E-state index is -1.68. The Labute approximate surface area is 103 Å². The Morgan fingerprint density at radius 1 is 1.00 bits per heavy atom. The van der Waals surface area contributed by atoms with Crippen molar-refractivity contribution in [3.8, 4) is 0 Å². The van der Waals surface area contributed by atoms with Gasteiger partial charge in [-0.25, -0.2) is 4.79 Å². The number of carbonyl (C=O) groups excluding carboxylic acids is 1. The minimum Gasteiger partial charge on any atom is -0.455 e. The lowest BCUT2D eigenvalue weighted by atomic mass is 9.84. The molecule has 1 rings (SSSR count). The summed E-state index contributed by atoms with van der Waals surface area (Å²) in [5.74, 6) is -1.03. The van der Waals surface area contributed by atoms with Crippen molar-refractivity contribution in [2.75, 3.05) is 7.11 Å². The summed E-state index contributed by atoms with van der Waals surface area (Å²) in [6, 6.07) is 0. The maximum atomic E-state index is 11.2. The van der Waals surface area contributed by atoms with Gasteiger partial charge in [0.25, 0.3) is 0 Å². The van der Waals surface area contributed by atoms with Crippen molar-refractivity contribution in [1.82, 2.24) is 0 Å². The first-order chi connectivity index (χ1) is 8.31. The summed E-state index contributed by atoms with van der Waals surface area (Å²) >= 11 is 0. The molecule has 0 aromatic carbocycles. The first-order valence-electron chi connectivity index (χ1n) is 5.44. The third-order valence-corrected chi connectivity index (χ3v) is 2.91.